The molecule has 0 atom stereocenters. The van der Waals surface area contributed by atoms with E-state index in [1.54, 1.807) is 6.20 Å². The van der Waals surface area contributed by atoms with Crippen molar-refractivity contribution >= 4 is 5.69 Å². The Labute approximate surface area is 105 Å². The Kier molecular flexibility index (Phi) is 7.52. The SMILES string of the molecule is CCCCCCCCCCCn1cc(N)cn1. The van der Waals surface area contributed by atoms with E-state index in [-0.39, 0.29) is 0 Å². The molecule has 0 amide bonds. The highest BCUT2D eigenvalue weighted by Crippen LogP contribution is 2.10. The van der Waals surface area contributed by atoms with Gasteiger partial charge in [-0.15, -0.1) is 0 Å². The summed E-state index contributed by atoms with van der Waals surface area (Å²) < 4.78 is 1.94. The molecule has 0 aliphatic heterocycles. The van der Waals surface area contributed by atoms with Crippen molar-refractivity contribution in [1.29, 1.82) is 0 Å². The van der Waals surface area contributed by atoms with Crippen molar-refractivity contribution in [3.05, 3.63) is 12.4 Å². The first-order valence-electron chi connectivity index (χ1n) is 7.11. The zero-order valence-corrected chi connectivity index (χ0v) is 11.2. The first-order chi connectivity index (χ1) is 8.33. The first-order valence-corrected chi connectivity index (χ1v) is 7.11. The minimum atomic E-state index is 0.765. The predicted octanol–water partition coefficient (Wildman–Crippen LogP) is 4.00. The van der Waals surface area contributed by atoms with Crippen LogP contribution in [0.5, 0.6) is 0 Å². The lowest BCUT2D eigenvalue weighted by molar-refractivity contribution is 0.517. The van der Waals surface area contributed by atoms with E-state index < -0.39 is 0 Å². The standard InChI is InChI=1S/C14H27N3/c1-2-3-4-5-6-7-8-9-10-11-17-13-14(15)12-16-17/h12-13H,2-11,15H2,1H3. The van der Waals surface area contributed by atoms with E-state index in [0.717, 1.165) is 12.2 Å². The van der Waals surface area contributed by atoms with Gasteiger partial charge in [0.2, 0.25) is 0 Å². The Balaban J connectivity index is 1.84. The minimum absolute atomic E-state index is 0.765. The molecule has 0 saturated heterocycles. The van der Waals surface area contributed by atoms with Crippen LogP contribution in [0.2, 0.25) is 0 Å². The van der Waals surface area contributed by atoms with Crippen LogP contribution in [-0.2, 0) is 6.54 Å². The fraction of sp³-hybridized carbons (Fsp3) is 0.786. The number of rotatable bonds is 10. The van der Waals surface area contributed by atoms with Gasteiger partial charge in [-0.1, -0.05) is 58.3 Å². The summed E-state index contributed by atoms with van der Waals surface area (Å²) in [6, 6.07) is 0. The number of hydrogen-bond donors (Lipinski definition) is 1. The first kappa shape index (κ1) is 14.1. The van der Waals surface area contributed by atoms with E-state index in [2.05, 4.69) is 12.0 Å². The number of aryl methyl sites for hydroxylation is 1. The van der Waals surface area contributed by atoms with E-state index in [9.17, 15) is 0 Å². The number of hydrogen-bond acceptors (Lipinski definition) is 2. The Morgan fingerprint density at radius 1 is 1.00 bits per heavy atom. The smallest absolute Gasteiger partial charge is 0.0719 e. The summed E-state index contributed by atoms with van der Waals surface area (Å²) in [6.07, 6.45) is 15.9. The summed E-state index contributed by atoms with van der Waals surface area (Å²) in [5.74, 6) is 0. The number of anilines is 1. The van der Waals surface area contributed by atoms with Crippen molar-refractivity contribution in [2.75, 3.05) is 5.73 Å². The van der Waals surface area contributed by atoms with Gasteiger partial charge in [0.05, 0.1) is 11.9 Å². The highest BCUT2D eigenvalue weighted by molar-refractivity contribution is 5.30. The van der Waals surface area contributed by atoms with Crippen LogP contribution >= 0.6 is 0 Å². The Bertz CT molecular complexity index is 281. The number of nitrogens with zero attached hydrogens (tertiary/aromatic N) is 2. The number of aromatic nitrogens is 2. The van der Waals surface area contributed by atoms with Gasteiger partial charge >= 0.3 is 0 Å². The van der Waals surface area contributed by atoms with E-state index in [0.29, 0.717) is 0 Å². The van der Waals surface area contributed by atoms with Gasteiger partial charge in [-0.2, -0.15) is 5.10 Å². The molecule has 1 heterocycles. The lowest BCUT2D eigenvalue weighted by Crippen LogP contribution is -1.98. The van der Waals surface area contributed by atoms with Crippen LogP contribution < -0.4 is 5.73 Å². The van der Waals surface area contributed by atoms with Crippen LogP contribution in [-0.4, -0.2) is 9.78 Å². The molecular formula is C14H27N3. The van der Waals surface area contributed by atoms with E-state index >= 15 is 0 Å². The van der Waals surface area contributed by atoms with Gasteiger partial charge in [-0.05, 0) is 6.42 Å². The molecule has 98 valence electrons. The van der Waals surface area contributed by atoms with Crippen LogP contribution in [0, 0.1) is 0 Å². The summed E-state index contributed by atoms with van der Waals surface area (Å²) in [5.41, 5.74) is 6.37. The third kappa shape index (κ3) is 7.03. The maximum atomic E-state index is 5.61. The molecule has 1 aromatic heterocycles. The van der Waals surface area contributed by atoms with E-state index in [1.165, 1.54) is 57.8 Å². The summed E-state index contributed by atoms with van der Waals surface area (Å²) in [6.45, 7) is 3.27. The van der Waals surface area contributed by atoms with Crippen LogP contribution in [0.1, 0.15) is 64.7 Å². The second kappa shape index (κ2) is 9.08. The number of nitrogen functional groups attached to an aromatic ring is 1. The highest BCUT2D eigenvalue weighted by atomic mass is 15.3. The van der Waals surface area contributed by atoms with Crippen molar-refractivity contribution in [3.63, 3.8) is 0 Å². The molecule has 17 heavy (non-hydrogen) atoms. The number of nitrogens with two attached hydrogens (primary N) is 1. The zero-order chi connectivity index (χ0) is 12.3. The molecule has 0 bridgehead atoms. The molecule has 3 heteroatoms. The summed E-state index contributed by atoms with van der Waals surface area (Å²) in [5, 5.41) is 4.18. The van der Waals surface area contributed by atoms with Crippen molar-refractivity contribution in [3.8, 4) is 0 Å². The molecule has 0 radical (unpaired) electrons. The third-order valence-corrected chi connectivity index (χ3v) is 3.14. The van der Waals surface area contributed by atoms with Crippen LogP contribution in [0.25, 0.3) is 0 Å². The lowest BCUT2D eigenvalue weighted by Gasteiger charge is -2.02. The fourth-order valence-electron chi connectivity index (χ4n) is 2.09. The molecule has 1 aromatic rings. The largest absolute Gasteiger partial charge is 0.396 e. The summed E-state index contributed by atoms with van der Waals surface area (Å²) >= 11 is 0. The Morgan fingerprint density at radius 2 is 1.59 bits per heavy atom. The summed E-state index contributed by atoms with van der Waals surface area (Å²) in [7, 11) is 0. The van der Waals surface area contributed by atoms with Gasteiger partial charge < -0.3 is 5.73 Å². The molecule has 2 N–H and O–H groups in total. The second-order valence-electron chi connectivity index (χ2n) is 4.87. The molecule has 0 unspecified atom stereocenters. The molecule has 3 nitrogen and oxygen atoms in total. The van der Waals surface area contributed by atoms with Crippen molar-refractivity contribution in [2.45, 2.75) is 71.3 Å². The average molecular weight is 237 g/mol. The molecular weight excluding hydrogens is 210 g/mol. The molecule has 0 saturated carbocycles. The lowest BCUT2D eigenvalue weighted by atomic mass is 10.1. The monoisotopic (exact) mass is 237 g/mol. The van der Waals surface area contributed by atoms with Crippen molar-refractivity contribution in [2.24, 2.45) is 0 Å². The normalized spacial score (nSPS) is 10.9. The van der Waals surface area contributed by atoms with Crippen LogP contribution in [0.15, 0.2) is 12.4 Å². The van der Waals surface area contributed by atoms with Crippen molar-refractivity contribution < 1.29 is 0 Å². The topological polar surface area (TPSA) is 43.8 Å². The molecule has 0 aliphatic rings. The molecule has 0 fully saturated rings. The maximum absolute atomic E-state index is 5.61. The Hall–Kier alpha value is -0.990. The average Bonchev–Trinajstić information content (AvgIpc) is 2.73. The van der Waals surface area contributed by atoms with Gasteiger partial charge in [0, 0.05) is 12.7 Å². The van der Waals surface area contributed by atoms with Gasteiger partial charge in [-0.3, -0.25) is 4.68 Å². The maximum Gasteiger partial charge on any atom is 0.0719 e. The van der Waals surface area contributed by atoms with Crippen molar-refractivity contribution in [1.82, 2.24) is 9.78 Å². The third-order valence-electron chi connectivity index (χ3n) is 3.14. The summed E-state index contributed by atoms with van der Waals surface area (Å²) in [4.78, 5) is 0. The van der Waals surface area contributed by atoms with Gasteiger partial charge in [0.1, 0.15) is 0 Å². The van der Waals surface area contributed by atoms with E-state index in [4.69, 9.17) is 5.73 Å². The Morgan fingerprint density at radius 3 is 2.12 bits per heavy atom. The minimum Gasteiger partial charge on any atom is -0.396 e. The predicted molar refractivity (Wildman–Crippen MR) is 73.9 cm³/mol. The van der Waals surface area contributed by atoms with Gasteiger partial charge in [0.25, 0.3) is 0 Å². The van der Waals surface area contributed by atoms with Crippen LogP contribution in [0.4, 0.5) is 5.69 Å². The van der Waals surface area contributed by atoms with Crippen LogP contribution in [0.3, 0.4) is 0 Å². The molecule has 0 spiro atoms. The quantitative estimate of drug-likeness (QED) is 0.625. The fourth-order valence-corrected chi connectivity index (χ4v) is 2.09. The zero-order valence-electron chi connectivity index (χ0n) is 11.2. The number of unbranched alkanes of at least 4 members (excludes halogenated alkanes) is 8. The van der Waals surface area contributed by atoms with Gasteiger partial charge in [-0.25, -0.2) is 0 Å². The molecule has 0 aliphatic carbocycles. The molecule has 1 rings (SSSR count). The highest BCUT2D eigenvalue weighted by Gasteiger charge is 1.95. The van der Waals surface area contributed by atoms with Gasteiger partial charge in [0.15, 0.2) is 0 Å². The second-order valence-corrected chi connectivity index (χ2v) is 4.87. The molecule has 0 aromatic carbocycles. The van der Waals surface area contributed by atoms with E-state index in [1.807, 2.05) is 10.9 Å².